The SMILES string of the molecule is CCC1CCCC1Nc1ccccc1N(C)C. The largest absolute Gasteiger partial charge is 0.380 e. The topological polar surface area (TPSA) is 15.3 Å². The van der Waals surface area contributed by atoms with Crippen LogP contribution < -0.4 is 10.2 Å². The molecule has 0 bridgehead atoms. The summed E-state index contributed by atoms with van der Waals surface area (Å²) >= 11 is 0. The van der Waals surface area contributed by atoms with Gasteiger partial charge in [0.1, 0.15) is 0 Å². The summed E-state index contributed by atoms with van der Waals surface area (Å²) in [4.78, 5) is 2.18. The van der Waals surface area contributed by atoms with Crippen LogP contribution in [0.4, 0.5) is 11.4 Å². The molecule has 1 aromatic carbocycles. The van der Waals surface area contributed by atoms with Gasteiger partial charge in [0.2, 0.25) is 0 Å². The molecule has 2 nitrogen and oxygen atoms in total. The Morgan fingerprint density at radius 1 is 1.24 bits per heavy atom. The second-order valence-corrected chi connectivity index (χ2v) is 5.26. The Balaban J connectivity index is 2.12. The van der Waals surface area contributed by atoms with Gasteiger partial charge in [-0.15, -0.1) is 0 Å². The number of hydrogen-bond donors (Lipinski definition) is 1. The molecule has 2 heteroatoms. The van der Waals surface area contributed by atoms with Crippen molar-refractivity contribution in [2.45, 2.75) is 38.6 Å². The van der Waals surface area contributed by atoms with Gasteiger partial charge in [0.05, 0.1) is 11.4 Å². The van der Waals surface area contributed by atoms with E-state index in [0.29, 0.717) is 6.04 Å². The van der Waals surface area contributed by atoms with Crippen LogP contribution in [0.3, 0.4) is 0 Å². The quantitative estimate of drug-likeness (QED) is 0.850. The highest BCUT2D eigenvalue weighted by atomic mass is 15.1. The Bertz CT molecular complexity index is 360. The van der Waals surface area contributed by atoms with E-state index in [1.165, 1.54) is 37.1 Å². The molecule has 2 rings (SSSR count). The number of benzene rings is 1. The van der Waals surface area contributed by atoms with Gasteiger partial charge in [-0.2, -0.15) is 0 Å². The van der Waals surface area contributed by atoms with E-state index in [0.717, 1.165) is 5.92 Å². The van der Waals surface area contributed by atoms with Crippen LogP contribution in [0.2, 0.25) is 0 Å². The van der Waals surface area contributed by atoms with Crippen LogP contribution in [0.5, 0.6) is 0 Å². The van der Waals surface area contributed by atoms with Crippen LogP contribution in [0, 0.1) is 5.92 Å². The highest BCUT2D eigenvalue weighted by Gasteiger charge is 2.25. The summed E-state index contributed by atoms with van der Waals surface area (Å²) in [7, 11) is 4.21. The van der Waals surface area contributed by atoms with Crippen molar-refractivity contribution >= 4 is 11.4 Å². The van der Waals surface area contributed by atoms with Crippen molar-refractivity contribution in [1.82, 2.24) is 0 Å². The van der Waals surface area contributed by atoms with Gasteiger partial charge in [-0.1, -0.05) is 31.9 Å². The molecule has 1 aliphatic rings. The lowest BCUT2D eigenvalue weighted by atomic mass is 10.0. The van der Waals surface area contributed by atoms with Crippen molar-refractivity contribution in [2.75, 3.05) is 24.3 Å². The normalized spacial score (nSPS) is 23.7. The van der Waals surface area contributed by atoms with Crippen LogP contribution in [-0.4, -0.2) is 20.1 Å². The average molecular weight is 232 g/mol. The second-order valence-electron chi connectivity index (χ2n) is 5.26. The molecule has 2 atom stereocenters. The van der Waals surface area contributed by atoms with Gasteiger partial charge in [-0.3, -0.25) is 0 Å². The van der Waals surface area contributed by atoms with E-state index >= 15 is 0 Å². The standard InChI is InChI=1S/C15H24N2/c1-4-12-8-7-10-13(12)16-14-9-5-6-11-15(14)17(2)3/h5-6,9,11-13,16H,4,7-8,10H2,1-3H3. The van der Waals surface area contributed by atoms with Gasteiger partial charge in [-0.05, 0) is 30.9 Å². The third kappa shape index (κ3) is 2.74. The van der Waals surface area contributed by atoms with E-state index in [2.05, 4.69) is 55.5 Å². The molecule has 1 N–H and O–H groups in total. The molecule has 0 amide bonds. The molecule has 1 aliphatic carbocycles. The Morgan fingerprint density at radius 2 is 2.00 bits per heavy atom. The zero-order valence-corrected chi connectivity index (χ0v) is 11.2. The first-order chi connectivity index (χ1) is 8.22. The maximum Gasteiger partial charge on any atom is 0.0596 e. The van der Waals surface area contributed by atoms with Crippen molar-refractivity contribution < 1.29 is 0 Å². The number of hydrogen-bond acceptors (Lipinski definition) is 2. The molecule has 1 fully saturated rings. The number of anilines is 2. The molecule has 94 valence electrons. The molecule has 1 aromatic rings. The molecular weight excluding hydrogens is 208 g/mol. The third-order valence-electron chi connectivity index (χ3n) is 3.91. The van der Waals surface area contributed by atoms with Gasteiger partial charge in [0, 0.05) is 20.1 Å². The molecule has 0 radical (unpaired) electrons. The predicted octanol–water partition coefficient (Wildman–Crippen LogP) is 3.74. The first-order valence-electron chi connectivity index (χ1n) is 6.75. The van der Waals surface area contributed by atoms with E-state index in [1.807, 2.05) is 0 Å². The summed E-state index contributed by atoms with van der Waals surface area (Å²) < 4.78 is 0. The number of nitrogens with zero attached hydrogens (tertiary/aromatic N) is 1. The van der Waals surface area contributed by atoms with Crippen LogP contribution in [0.1, 0.15) is 32.6 Å². The molecule has 0 spiro atoms. The van der Waals surface area contributed by atoms with Crippen LogP contribution in [0.15, 0.2) is 24.3 Å². The highest BCUT2D eigenvalue weighted by molar-refractivity contribution is 5.69. The smallest absolute Gasteiger partial charge is 0.0596 e. The van der Waals surface area contributed by atoms with E-state index in [4.69, 9.17) is 0 Å². The van der Waals surface area contributed by atoms with E-state index < -0.39 is 0 Å². The number of rotatable bonds is 4. The fourth-order valence-electron chi connectivity index (χ4n) is 2.90. The maximum atomic E-state index is 3.75. The highest BCUT2D eigenvalue weighted by Crippen LogP contribution is 2.33. The number of para-hydroxylation sites is 2. The van der Waals surface area contributed by atoms with Crippen molar-refractivity contribution in [3.63, 3.8) is 0 Å². The summed E-state index contributed by atoms with van der Waals surface area (Å²) in [5.41, 5.74) is 2.57. The Morgan fingerprint density at radius 3 is 2.71 bits per heavy atom. The van der Waals surface area contributed by atoms with Crippen LogP contribution in [-0.2, 0) is 0 Å². The minimum Gasteiger partial charge on any atom is -0.380 e. The molecule has 1 saturated carbocycles. The molecular formula is C15H24N2. The number of nitrogens with one attached hydrogen (secondary N) is 1. The average Bonchev–Trinajstić information content (AvgIpc) is 2.77. The van der Waals surface area contributed by atoms with Crippen molar-refractivity contribution in [1.29, 1.82) is 0 Å². The molecule has 0 aromatic heterocycles. The molecule has 0 aliphatic heterocycles. The van der Waals surface area contributed by atoms with Gasteiger partial charge in [0.25, 0.3) is 0 Å². The van der Waals surface area contributed by atoms with Gasteiger partial charge >= 0.3 is 0 Å². The van der Waals surface area contributed by atoms with Gasteiger partial charge in [-0.25, -0.2) is 0 Å². The van der Waals surface area contributed by atoms with Crippen molar-refractivity contribution in [2.24, 2.45) is 5.92 Å². The van der Waals surface area contributed by atoms with Crippen molar-refractivity contribution in [3.05, 3.63) is 24.3 Å². The zero-order valence-electron chi connectivity index (χ0n) is 11.2. The minimum atomic E-state index is 0.668. The van der Waals surface area contributed by atoms with E-state index in [9.17, 15) is 0 Å². The summed E-state index contributed by atoms with van der Waals surface area (Å²) in [6.45, 7) is 2.31. The fraction of sp³-hybridized carbons (Fsp3) is 0.600. The maximum absolute atomic E-state index is 3.75. The van der Waals surface area contributed by atoms with E-state index in [-0.39, 0.29) is 0 Å². The lowest BCUT2D eigenvalue weighted by Crippen LogP contribution is -2.24. The lowest BCUT2D eigenvalue weighted by molar-refractivity contribution is 0.489. The lowest BCUT2D eigenvalue weighted by Gasteiger charge is -2.25. The first kappa shape index (κ1) is 12.3. The van der Waals surface area contributed by atoms with Crippen LogP contribution >= 0.6 is 0 Å². The summed E-state index contributed by atoms with van der Waals surface area (Å²) in [5, 5.41) is 3.75. The summed E-state index contributed by atoms with van der Waals surface area (Å²) in [6, 6.07) is 9.26. The Hall–Kier alpha value is -1.18. The molecule has 2 unspecified atom stereocenters. The second kappa shape index (κ2) is 5.44. The molecule has 17 heavy (non-hydrogen) atoms. The third-order valence-corrected chi connectivity index (χ3v) is 3.91. The molecule has 0 saturated heterocycles. The summed E-state index contributed by atoms with van der Waals surface area (Å²) in [6.07, 6.45) is 5.38. The monoisotopic (exact) mass is 232 g/mol. The summed E-state index contributed by atoms with van der Waals surface area (Å²) in [5.74, 6) is 0.852. The Labute approximate surface area is 105 Å². The Kier molecular flexibility index (Phi) is 3.93. The van der Waals surface area contributed by atoms with Gasteiger partial charge in [0.15, 0.2) is 0 Å². The zero-order chi connectivity index (χ0) is 12.3. The molecule has 0 heterocycles. The van der Waals surface area contributed by atoms with Crippen LogP contribution in [0.25, 0.3) is 0 Å². The first-order valence-corrected chi connectivity index (χ1v) is 6.75. The van der Waals surface area contributed by atoms with Crippen molar-refractivity contribution in [3.8, 4) is 0 Å². The predicted molar refractivity (Wildman–Crippen MR) is 75.8 cm³/mol. The van der Waals surface area contributed by atoms with E-state index in [1.54, 1.807) is 0 Å². The minimum absolute atomic E-state index is 0.668. The fourth-order valence-corrected chi connectivity index (χ4v) is 2.90. The van der Waals surface area contributed by atoms with Gasteiger partial charge < -0.3 is 10.2 Å².